The van der Waals surface area contributed by atoms with E-state index in [-0.39, 0.29) is 36.3 Å². The molecular formula is C21H23F2N3O5. The van der Waals surface area contributed by atoms with E-state index >= 15 is 0 Å². The first-order chi connectivity index (χ1) is 14.8. The zero-order valence-electron chi connectivity index (χ0n) is 17.2. The van der Waals surface area contributed by atoms with Crippen LogP contribution in [0.5, 0.6) is 5.75 Å². The lowest BCUT2D eigenvalue weighted by Gasteiger charge is -2.36. The van der Waals surface area contributed by atoms with Gasteiger partial charge in [-0.2, -0.15) is 0 Å². The Balaban J connectivity index is 1.82. The molecule has 2 amide bonds. The number of nitrogens with one attached hydrogen (secondary N) is 1. The van der Waals surface area contributed by atoms with Crippen LogP contribution in [0, 0.1) is 11.6 Å². The van der Waals surface area contributed by atoms with Gasteiger partial charge >= 0.3 is 0 Å². The Labute approximate surface area is 177 Å². The van der Waals surface area contributed by atoms with Crippen LogP contribution in [0.15, 0.2) is 29.2 Å². The van der Waals surface area contributed by atoms with Crippen LogP contribution in [-0.2, 0) is 17.7 Å². The zero-order valence-corrected chi connectivity index (χ0v) is 17.2. The van der Waals surface area contributed by atoms with Crippen LogP contribution in [-0.4, -0.2) is 52.3 Å². The minimum atomic E-state index is -0.976. The first-order valence-corrected chi connectivity index (χ1v) is 9.89. The molecule has 0 bridgehead atoms. The Morgan fingerprint density at radius 2 is 2.03 bits per heavy atom. The molecule has 2 N–H and O–H groups in total. The number of hydrogen-bond donors (Lipinski definition) is 2. The molecular weight excluding hydrogens is 412 g/mol. The molecule has 1 aliphatic rings. The van der Waals surface area contributed by atoms with Crippen molar-refractivity contribution in [3.63, 3.8) is 0 Å². The van der Waals surface area contributed by atoms with Crippen LogP contribution in [0.4, 0.5) is 8.78 Å². The standard InChI is InChI=1S/C21H23F2N3O5/c1-3-26-16(31-4-2)11-25-10-14(18(27)19(28)17(25)21(26)30)20(29)24-8-7-12-5-6-13(22)9-15(12)23/h5-6,9-10,16,28H,3-4,7-8,11H2,1-2H3,(H,24,29). The van der Waals surface area contributed by atoms with Gasteiger partial charge in [0.05, 0.1) is 6.54 Å². The van der Waals surface area contributed by atoms with Crippen molar-refractivity contribution in [1.29, 1.82) is 0 Å². The lowest BCUT2D eigenvalue weighted by atomic mass is 10.1. The summed E-state index contributed by atoms with van der Waals surface area (Å²) in [5.74, 6) is -3.60. The third-order valence-corrected chi connectivity index (χ3v) is 5.06. The van der Waals surface area contributed by atoms with E-state index in [4.69, 9.17) is 4.74 Å². The van der Waals surface area contributed by atoms with Gasteiger partial charge in [-0.1, -0.05) is 6.07 Å². The summed E-state index contributed by atoms with van der Waals surface area (Å²) in [6.07, 6.45) is 0.684. The lowest BCUT2D eigenvalue weighted by Crippen LogP contribution is -2.50. The molecule has 31 heavy (non-hydrogen) atoms. The Morgan fingerprint density at radius 1 is 1.29 bits per heavy atom. The molecule has 3 rings (SSSR count). The van der Waals surface area contributed by atoms with Gasteiger partial charge in [-0.25, -0.2) is 8.78 Å². The summed E-state index contributed by atoms with van der Waals surface area (Å²) in [7, 11) is 0. The highest BCUT2D eigenvalue weighted by molar-refractivity contribution is 5.99. The second-order valence-electron chi connectivity index (χ2n) is 6.96. The zero-order chi connectivity index (χ0) is 22.7. The van der Waals surface area contributed by atoms with Gasteiger partial charge in [0.1, 0.15) is 17.2 Å². The number of ether oxygens (including phenoxy) is 1. The SMILES string of the molecule is CCOC1Cn2cc(C(=O)NCCc3ccc(F)cc3F)c(=O)c(O)c2C(=O)N1CC. The van der Waals surface area contributed by atoms with Gasteiger partial charge in [0.25, 0.3) is 11.8 Å². The second-order valence-corrected chi connectivity index (χ2v) is 6.96. The van der Waals surface area contributed by atoms with Gasteiger partial charge < -0.3 is 24.6 Å². The molecule has 1 aliphatic heterocycles. The van der Waals surface area contributed by atoms with Gasteiger partial charge in [0, 0.05) is 32.0 Å². The molecule has 0 saturated heterocycles. The number of benzene rings is 1. The predicted octanol–water partition coefficient (Wildman–Crippen LogP) is 1.64. The van der Waals surface area contributed by atoms with E-state index in [1.165, 1.54) is 21.7 Å². The molecule has 10 heteroatoms. The number of pyridine rings is 1. The molecule has 166 valence electrons. The van der Waals surface area contributed by atoms with Crippen LogP contribution < -0.4 is 10.7 Å². The number of halogens is 2. The summed E-state index contributed by atoms with van der Waals surface area (Å²) in [5.41, 5.74) is -1.32. The summed E-state index contributed by atoms with van der Waals surface area (Å²) in [4.78, 5) is 39.2. The third-order valence-electron chi connectivity index (χ3n) is 5.06. The molecule has 1 unspecified atom stereocenters. The van der Waals surface area contributed by atoms with Crippen molar-refractivity contribution in [3.8, 4) is 5.75 Å². The number of hydrogen-bond acceptors (Lipinski definition) is 5. The molecule has 0 saturated carbocycles. The van der Waals surface area contributed by atoms with E-state index in [1.807, 2.05) is 0 Å². The predicted molar refractivity (Wildman–Crippen MR) is 107 cm³/mol. The minimum Gasteiger partial charge on any atom is -0.503 e. The maximum absolute atomic E-state index is 13.7. The van der Waals surface area contributed by atoms with Crippen molar-refractivity contribution >= 4 is 11.8 Å². The van der Waals surface area contributed by atoms with E-state index in [2.05, 4.69) is 5.32 Å². The van der Waals surface area contributed by atoms with E-state index in [1.54, 1.807) is 13.8 Å². The molecule has 2 aromatic rings. The summed E-state index contributed by atoms with van der Waals surface area (Å²) >= 11 is 0. The van der Waals surface area contributed by atoms with Gasteiger partial charge in [-0.05, 0) is 31.9 Å². The smallest absolute Gasteiger partial charge is 0.276 e. The summed E-state index contributed by atoms with van der Waals surface area (Å²) in [6, 6.07) is 3.13. The maximum atomic E-state index is 13.7. The largest absolute Gasteiger partial charge is 0.503 e. The number of carbonyl (C=O) groups is 2. The van der Waals surface area contributed by atoms with Gasteiger partial charge in [0.15, 0.2) is 17.7 Å². The number of likely N-dealkylation sites (N-methyl/N-ethyl adjacent to an activating group) is 1. The van der Waals surface area contributed by atoms with Crippen molar-refractivity contribution in [1.82, 2.24) is 14.8 Å². The van der Waals surface area contributed by atoms with E-state index in [9.17, 15) is 28.3 Å². The average molecular weight is 435 g/mol. The number of aromatic hydroxyl groups is 1. The Kier molecular flexibility index (Phi) is 6.69. The monoisotopic (exact) mass is 435 g/mol. The fraction of sp³-hybridized carbons (Fsp3) is 0.381. The molecule has 1 atom stereocenters. The van der Waals surface area contributed by atoms with E-state index in [0.717, 1.165) is 12.1 Å². The first kappa shape index (κ1) is 22.4. The topological polar surface area (TPSA) is 101 Å². The molecule has 8 nitrogen and oxygen atoms in total. The van der Waals surface area contributed by atoms with Crippen molar-refractivity contribution < 1.29 is 28.2 Å². The highest BCUT2D eigenvalue weighted by Crippen LogP contribution is 2.24. The van der Waals surface area contributed by atoms with Gasteiger partial charge in [0.2, 0.25) is 5.43 Å². The van der Waals surface area contributed by atoms with Crippen LogP contribution in [0.25, 0.3) is 0 Å². The molecule has 0 radical (unpaired) electrons. The molecule has 0 fully saturated rings. The van der Waals surface area contributed by atoms with Crippen molar-refractivity contribution in [2.75, 3.05) is 19.7 Å². The lowest BCUT2D eigenvalue weighted by molar-refractivity contribution is -0.0562. The highest BCUT2D eigenvalue weighted by atomic mass is 19.1. The number of rotatable bonds is 7. The average Bonchev–Trinajstić information content (AvgIpc) is 2.72. The Bertz CT molecular complexity index is 1070. The summed E-state index contributed by atoms with van der Waals surface area (Å²) < 4.78 is 33.6. The molecule has 1 aromatic heterocycles. The third kappa shape index (κ3) is 4.43. The fourth-order valence-corrected chi connectivity index (χ4v) is 3.53. The maximum Gasteiger partial charge on any atom is 0.276 e. The summed E-state index contributed by atoms with van der Waals surface area (Å²) in [5, 5.41) is 12.8. The fourth-order valence-electron chi connectivity index (χ4n) is 3.53. The van der Waals surface area contributed by atoms with E-state index in [0.29, 0.717) is 13.2 Å². The number of nitrogens with zero attached hydrogens (tertiary/aromatic N) is 2. The van der Waals surface area contributed by atoms with Crippen LogP contribution in [0.1, 0.15) is 40.3 Å². The number of amides is 2. The van der Waals surface area contributed by atoms with Crippen LogP contribution >= 0.6 is 0 Å². The van der Waals surface area contributed by atoms with E-state index < -0.39 is 40.9 Å². The van der Waals surface area contributed by atoms with Gasteiger partial charge in [-0.15, -0.1) is 0 Å². The normalized spacial score (nSPS) is 15.7. The number of carbonyl (C=O) groups excluding carboxylic acids is 2. The minimum absolute atomic E-state index is 0.0204. The quantitative estimate of drug-likeness (QED) is 0.689. The first-order valence-electron chi connectivity index (χ1n) is 9.89. The number of aromatic nitrogens is 1. The van der Waals surface area contributed by atoms with Crippen molar-refractivity contribution in [2.45, 2.75) is 33.0 Å². The second kappa shape index (κ2) is 9.25. The van der Waals surface area contributed by atoms with Crippen LogP contribution in [0.2, 0.25) is 0 Å². The highest BCUT2D eigenvalue weighted by Gasteiger charge is 2.35. The summed E-state index contributed by atoms with van der Waals surface area (Å²) in [6.45, 7) is 4.31. The molecule has 1 aromatic carbocycles. The van der Waals surface area contributed by atoms with Crippen LogP contribution in [0.3, 0.4) is 0 Å². The van der Waals surface area contributed by atoms with Gasteiger partial charge in [-0.3, -0.25) is 14.4 Å². The Morgan fingerprint density at radius 3 is 2.68 bits per heavy atom. The Hall–Kier alpha value is -3.27. The van der Waals surface area contributed by atoms with Crippen molar-refractivity contribution in [2.24, 2.45) is 0 Å². The molecule has 0 aliphatic carbocycles. The van der Waals surface area contributed by atoms with Crippen molar-refractivity contribution in [3.05, 3.63) is 63.1 Å². The molecule has 2 heterocycles. The number of fused-ring (bicyclic) bond motifs is 1. The molecule has 0 spiro atoms.